The maximum absolute atomic E-state index is 12.1. The number of nitrogens with one attached hydrogen (secondary N) is 1. The van der Waals surface area contributed by atoms with Crippen LogP contribution in [-0.2, 0) is 4.79 Å². The predicted octanol–water partition coefficient (Wildman–Crippen LogP) is 2.90. The third-order valence-electron chi connectivity index (χ3n) is 4.73. The molecule has 0 saturated heterocycles. The molecule has 0 aliphatic heterocycles. The quantitative estimate of drug-likeness (QED) is 0.893. The molecule has 2 N–H and O–H groups in total. The van der Waals surface area contributed by atoms with Crippen LogP contribution in [0.15, 0.2) is 16.9 Å². The van der Waals surface area contributed by atoms with Crippen LogP contribution in [-0.4, -0.2) is 21.0 Å². The second-order valence-corrected chi connectivity index (χ2v) is 6.26. The zero-order valence-corrected chi connectivity index (χ0v) is 12.8. The van der Waals surface area contributed by atoms with Crippen molar-refractivity contribution >= 4 is 16.9 Å². The first-order chi connectivity index (χ1) is 10.5. The van der Waals surface area contributed by atoms with E-state index >= 15 is 0 Å². The van der Waals surface area contributed by atoms with Crippen molar-refractivity contribution in [2.75, 3.05) is 0 Å². The molecule has 1 aliphatic rings. The minimum absolute atomic E-state index is 0.108. The first-order valence-electron chi connectivity index (χ1n) is 7.69. The molecule has 1 aromatic carbocycles. The highest BCUT2D eigenvalue weighted by atomic mass is 16.4. The fourth-order valence-electron chi connectivity index (χ4n) is 3.52. The van der Waals surface area contributed by atoms with Crippen LogP contribution in [0.3, 0.4) is 0 Å². The van der Waals surface area contributed by atoms with Crippen molar-refractivity contribution in [2.45, 2.75) is 45.4 Å². The van der Waals surface area contributed by atoms with E-state index < -0.39 is 5.97 Å². The van der Waals surface area contributed by atoms with Gasteiger partial charge in [0.15, 0.2) is 0 Å². The standard InChI is InChI=1S/C17H20N2O3/c1-9-7-15-14(16(20)19-10(2)18-15)8-13(9)11-3-5-12(6-4-11)17(21)22/h7-8,11-12H,3-6H2,1-2H3,(H,21,22)(H,18,19,20). The van der Waals surface area contributed by atoms with Crippen LogP contribution in [0.5, 0.6) is 0 Å². The number of carboxylic acids is 1. The van der Waals surface area contributed by atoms with Crippen LogP contribution < -0.4 is 5.56 Å². The van der Waals surface area contributed by atoms with Gasteiger partial charge in [-0.2, -0.15) is 0 Å². The van der Waals surface area contributed by atoms with Crippen molar-refractivity contribution in [1.82, 2.24) is 9.97 Å². The first kappa shape index (κ1) is 14.8. The molecule has 1 heterocycles. The van der Waals surface area contributed by atoms with Gasteiger partial charge in [0.05, 0.1) is 16.8 Å². The van der Waals surface area contributed by atoms with E-state index in [1.165, 1.54) is 0 Å². The Morgan fingerprint density at radius 1 is 1.23 bits per heavy atom. The zero-order chi connectivity index (χ0) is 15.9. The first-order valence-corrected chi connectivity index (χ1v) is 7.69. The molecule has 116 valence electrons. The summed E-state index contributed by atoms with van der Waals surface area (Å²) in [7, 11) is 0. The summed E-state index contributed by atoms with van der Waals surface area (Å²) in [6.07, 6.45) is 3.14. The van der Waals surface area contributed by atoms with E-state index in [9.17, 15) is 9.59 Å². The summed E-state index contributed by atoms with van der Waals surface area (Å²) in [6, 6.07) is 3.91. The number of carboxylic acid groups (broad SMARTS) is 1. The van der Waals surface area contributed by atoms with E-state index in [-0.39, 0.29) is 11.5 Å². The molecule has 0 radical (unpaired) electrons. The number of hydrogen-bond acceptors (Lipinski definition) is 3. The number of aryl methyl sites for hydroxylation is 2. The molecule has 0 amide bonds. The van der Waals surface area contributed by atoms with Crippen LogP contribution in [0, 0.1) is 19.8 Å². The number of hydrogen-bond donors (Lipinski definition) is 2. The highest BCUT2D eigenvalue weighted by Gasteiger charge is 2.27. The number of H-pyrrole nitrogens is 1. The van der Waals surface area contributed by atoms with Gasteiger partial charge in [-0.1, -0.05) is 0 Å². The number of aromatic nitrogens is 2. The molecule has 0 unspecified atom stereocenters. The molecule has 1 aliphatic carbocycles. The van der Waals surface area contributed by atoms with Crippen molar-refractivity contribution in [3.63, 3.8) is 0 Å². The Bertz CT molecular complexity index is 786. The number of aromatic amines is 1. The Labute approximate surface area is 128 Å². The smallest absolute Gasteiger partial charge is 0.306 e. The van der Waals surface area contributed by atoms with Crippen molar-refractivity contribution in [3.05, 3.63) is 39.4 Å². The second-order valence-electron chi connectivity index (χ2n) is 6.26. The fraction of sp³-hybridized carbons (Fsp3) is 0.471. The highest BCUT2D eigenvalue weighted by Crippen LogP contribution is 2.37. The van der Waals surface area contributed by atoms with E-state index in [0.717, 1.165) is 29.5 Å². The van der Waals surface area contributed by atoms with Crippen molar-refractivity contribution in [3.8, 4) is 0 Å². The molecule has 0 atom stereocenters. The number of nitrogens with zero attached hydrogens (tertiary/aromatic N) is 1. The highest BCUT2D eigenvalue weighted by molar-refractivity contribution is 5.79. The molecule has 5 nitrogen and oxygen atoms in total. The van der Waals surface area contributed by atoms with Gasteiger partial charge in [0.25, 0.3) is 5.56 Å². The summed E-state index contributed by atoms with van der Waals surface area (Å²) < 4.78 is 0. The fourth-order valence-corrected chi connectivity index (χ4v) is 3.52. The average molecular weight is 300 g/mol. The summed E-state index contributed by atoms with van der Waals surface area (Å²) in [5.41, 5.74) is 2.90. The van der Waals surface area contributed by atoms with E-state index in [2.05, 4.69) is 9.97 Å². The SMILES string of the molecule is Cc1nc2cc(C)c(C3CCC(C(=O)O)CC3)cc2c(=O)[nH]1. The Morgan fingerprint density at radius 3 is 2.55 bits per heavy atom. The second kappa shape index (κ2) is 5.55. The van der Waals surface area contributed by atoms with Gasteiger partial charge in [-0.3, -0.25) is 9.59 Å². The van der Waals surface area contributed by atoms with E-state index in [4.69, 9.17) is 5.11 Å². The van der Waals surface area contributed by atoms with Gasteiger partial charge in [0.2, 0.25) is 0 Å². The van der Waals surface area contributed by atoms with Crippen molar-refractivity contribution < 1.29 is 9.90 Å². The van der Waals surface area contributed by atoms with Crippen LogP contribution >= 0.6 is 0 Å². The predicted molar refractivity (Wildman–Crippen MR) is 84.2 cm³/mol. The van der Waals surface area contributed by atoms with Gasteiger partial charge in [0.1, 0.15) is 5.82 Å². The maximum Gasteiger partial charge on any atom is 0.306 e. The van der Waals surface area contributed by atoms with Crippen LogP contribution in [0.2, 0.25) is 0 Å². The number of benzene rings is 1. The molecule has 3 rings (SSSR count). The van der Waals surface area contributed by atoms with E-state index in [1.807, 2.05) is 19.1 Å². The van der Waals surface area contributed by atoms with E-state index in [0.29, 0.717) is 30.0 Å². The molecule has 1 saturated carbocycles. The van der Waals surface area contributed by atoms with Crippen LogP contribution in [0.25, 0.3) is 10.9 Å². The lowest BCUT2D eigenvalue weighted by molar-refractivity contribution is -0.142. The van der Waals surface area contributed by atoms with Gasteiger partial charge in [-0.15, -0.1) is 0 Å². The normalized spacial score (nSPS) is 21.9. The largest absolute Gasteiger partial charge is 0.481 e. The number of aliphatic carboxylic acids is 1. The lowest BCUT2D eigenvalue weighted by Crippen LogP contribution is -2.21. The molecule has 5 heteroatoms. The monoisotopic (exact) mass is 300 g/mol. The zero-order valence-electron chi connectivity index (χ0n) is 12.8. The third-order valence-corrected chi connectivity index (χ3v) is 4.73. The summed E-state index contributed by atoms with van der Waals surface area (Å²) in [4.78, 5) is 30.3. The van der Waals surface area contributed by atoms with Gasteiger partial charge in [-0.25, -0.2) is 4.98 Å². The molecule has 1 fully saturated rings. The number of carbonyl (C=O) groups is 1. The molecular weight excluding hydrogens is 280 g/mol. The third kappa shape index (κ3) is 2.63. The van der Waals surface area contributed by atoms with Crippen molar-refractivity contribution in [2.24, 2.45) is 5.92 Å². The number of rotatable bonds is 2. The van der Waals surface area contributed by atoms with Gasteiger partial charge in [-0.05, 0) is 68.7 Å². The maximum atomic E-state index is 12.1. The molecule has 0 spiro atoms. The molecule has 0 bridgehead atoms. The summed E-state index contributed by atoms with van der Waals surface area (Å²) in [5, 5.41) is 9.72. The lowest BCUT2D eigenvalue weighted by Gasteiger charge is -2.27. The minimum atomic E-state index is -0.690. The van der Waals surface area contributed by atoms with Crippen LogP contribution in [0.1, 0.15) is 48.6 Å². The Kier molecular flexibility index (Phi) is 3.72. The summed E-state index contributed by atoms with van der Waals surface area (Å²) >= 11 is 0. The van der Waals surface area contributed by atoms with E-state index in [1.54, 1.807) is 6.92 Å². The van der Waals surface area contributed by atoms with Crippen molar-refractivity contribution in [1.29, 1.82) is 0 Å². The summed E-state index contributed by atoms with van der Waals surface area (Å²) in [5.74, 6) is 0.0434. The van der Waals surface area contributed by atoms with Gasteiger partial charge >= 0.3 is 5.97 Å². The van der Waals surface area contributed by atoms with Gasteiger partial charge < -0.3 is 10.1 Å². The number of fused-ring (bicyclic) bond motifs is 1. The summed E-state index contributed by atoms with van der Waals surface area (Å²) in [6.45, 7) is 3.81. The lowest BCUT2D eigenvalue weighted by atomic mass is 9.77. The molecule has 2 aromatic rings. The topological polar surface area (TPSA) is 83.0 Å². The molecular formula is C17H20N2O3. The van der Waals surface area contributed by atoms with Crippen LogP contribution in [0.4, 0.5) is 0 Å². The molecule has 22 heavy (non-hydrogen) atoms. The Morgan fingerprint density at radius 2 is 1.91 bits per heavy atom. The molecule has 1 aromatic heterocycles. The Hall–Kier alpha value is -2.17. The Balaban J connectivity index is 1.96. The minimum Gasteiger partial charge on any atom is -0.481 e. The van der Waals surface area contributed by atoms with Gasteiger partial charge in [0, 0.05) is 0 Å². The average Bonchev–Trinajstić information content (AvgIpc) is 2.46.